The number of ether oxygens (including phenoxy) is 6. The Morgan fingerprint density at radius 2 is 1.62 bits per heavy atom. The molecule has 0 saturated carbocycles. The number of nitrogens with one attached hydrogen (secondary N) is 1. The van der Waals surface area contributed by atoms with Crippen molar-refractivity contribution in [2.24, 2.45) is 11.8 Å². The minimum Gasteiger partial charge on any atom is -0.493 e. The number of halogens is 3. The third-order valence-corrected chi connectivity index (χ3v) is 8.92. The Morgan fingerprint density at radius 3 is 2.25 bits per heavy atom. The molecule has 3 heterocycles. The smallest absolute Gasteiger partial charge is 0.416 e. The summed E-state index contributed by atoms with van der Waals surface area (Å²) in [5, 5.41) is 11.0. The van der Waals surface area contributed by atoms with E-state index in [4.69, 9.17) is 28.4 Å². The molecule has 250 valence electrons. The van der Waals surface area contributed by atoms with Gasteiger partial charge in [0.2, 0.25) is 12.5 Å². The Labute approximate surface area is 271 Å². The SMILES string of the molecule is COc1cc([C@@H]2c3cc4c(cc3[C@@H](NC(=O)c3cn(Cc5ccc(C(F)(F)F)cc5)nn3)[C@H]3COC(=O)[C@H]23)OCO4)cc(OC)c1OC. The van der Waals surface area contributed by atoms with Crippen molar-refractivity contribution in [3.63, 3.8) is 0 Å². The minimum absolute atomic E-state index is 0.0149. The predicted molar refractivity (Wildman–Crippen MR) is 159 cm³/mol. The van der Waals surface area contributed by atoms with Gasteiger partial charge in [0, 0.05) is 11.8 Å². The molecular weight excluding hydrogens is 637 g/mol. The highest BCUT2D eigenvalue weighted by atomic mass is 19.4. The number of hydrogen-bond acceptors (Lipinski definition) is 10. The van der Waals surface area contributed by atoms with Gasteiger partial charge >= 0.3 is 12.1 Å². The number of carbonyl (C=O) groups excluding carboxylic acids is 2. The standard InChI is InChI=1S/C33H29F3N4O8/c1-43-25-8-17(9-26(44-2)30(25)45-3)27-19-10-23-24(48-15-47-23)11-20(19)29(21-14-46-32(42)28(21)27)37-31(41)22-13-40(39-38-22)12-16-4-6-18(7-5-16)33(34,35)36/h4-11,13,21,27-29H,12,14-15H2,1-3H3,(H,37,41)/t21-,27+,28-,29+/m0/s1. The molecule has 48 heavy (non-hydrogen) atoms. The zero-order valence-electron chi connectivity index (χ0n) is 25.9. The Balaban J connectivity index is 1.23. The number of amides is 1. The quantitative estimate of drug-likeness (QED) is 0.268. The number of carbonyl (C=O) groups is 2. The van der Waals surface area contributed by atoms with Gasteiger partial charge in [-0.15, -0.1) is 5.10 Å². The van der Waals surface area contributed by atoms with Crippen LogP contribution in [-0.2, 0) is 22.3 Å². The van der Waals surface area contributed by atoms with Crippen LogP contribution < -0.4 is 29.0 Å². The molecule has 1 saturated heterocycles. The normalized spacial score (nSPS) is 20.8. The van der Waals surface area contributed by atoms with Crippen molar-refractivity contribution in [2.75, 3.05) is 34.7 Å². The summed E-state index contributed by atoms with van der Waals surface area (Å²) in [6.07, 6.45) is -3.04. The molecule has 0 bridgehead atoms. The summed E-state index contributed by atoms with van der Waals surface area (Å²) in [6, 6.07) is 11.1. The van der Waals surface area contributed by atoms with Gasteiger partial charge in [0.1, 0.15) is 0 Å². The summed E-state index contributed by atoms with van der Waals surface area (Å²) in [7, 11) is 4.51. The molecule has 1 N–H and O–H groups in total. The number of methoxy groups -OCH3 is 3. The van der Waals surface area contributed by atoms with Crippen LogP contribution in [0.15, 0.2) is 54.7 Å². The van der Waals surface area contributed by atoms with Gasteiger partial charge in [0.25, 0.3) is 5.91 Å². The number of benzene rings is 3. The number of nitrogens with zero attached hydrogens (tertiary/aromatic N) is 3. The molecule has 0 unspecified atom stereocenters. The predicted octanol–water partition coefficient (Wildman–Crippen LogP) is 4.51. The molecule has 1 aliphatic carbocycles. The molecule has 1 fully saturated rings. The van der Waals surface area contributed by atoms with Crippen LogP contribution in [0, 0.1) is 11.8 Å². The summed E-state index contributed by atoms with van der Waals surface area (Å²) in [5.74, 6) is -0.528. The molecule has 15 heteroatoms. The summed E-state index contributed by atoms with van der Waals surface area (Å²) in [6.45, 7) is 0.155. The van der Waals surface area contributed by atoms with E-state index in [1.165, 1.54) is 44.3 Å². The maximum atomic E-state index is 13.7. The second-order valence-corrected chi connectivity index (χ2v) is 11.5. The summed E-state index contributed by atoms with van der Waals surface area (Å²) < 4.78 is 74.0. The summed E-state index contributed by atoms with van der Waals surface area (Å²) in [5.41, 5.74) is 1.88. The fraction of sp³-hybridized carbons (Fsp3) is 0.333. The molecule has 7 rings (SSSR count). The van der Waals surface area contributed by atoms with Gasteiger partial charge < -0.3 is 33.7 Å². The van der Waals surface area contributed by atoms with Crippen LogP contribution in [0.25, 0.3) is 0 Å². The van der Waals surface area contributed by atoms with Gasteiger partial charge in [-0.05, 0) is 58.7 Å². The monoisotopic (exact) mass is 666 g/mol. The van der Waals surface area contributed by atoms with Crippen molar-refractivity contribution in [2.45, 2.75) is 24.7 Å². The lowest BCUT2D eigenvalue weighted by Gasteiger charge is -2.39. The van der Waals surface area contributed by atoms with Crippen LogP contribution in [0.5, 0.6) is 28.7 Å². The van der Waals surface area contributed by atoms with E-state index in [0.717, 1.165) is 12.1 Å². The third-order valence-electron chi connectivity index (χ3n) is 8.92. The van der Waals surface area contributed by atoms with E-state index >= 15 is 0 Å². The van der Waals surface area contributed by atoms with E-state index in [0.29, 0.717) is 51.0 Å². The third kappa shape index (κ3) is 5.38. The summed E-state index contributed by atoms with van der Waals surface area (Å²) >= 11 is 0. The topological polar surface area (TPSA) is 132 Å². The average Bonchev–Trinajstić information content (AvgIpc) is 3.83. The van der Waals surface area contributed by atoms with Crippen LogP contribution in [-0.4, -0.2) is 61.6 Å². The Hall–Kier alpha value is -5.47. The zero-order chi connectivity index (χ0) is 33.7. The molecule has 2 aliphatic heterocycles. The highest BCUT2D eigenvalue weighted by molar-refractivity contribution is 5.92. The van der Waals surface area contributed by atoms with E-state index in [1.807, 2.05) is 6.07 Å². The number of rotatable bonds is 8. The lowest BCUT2D eigenvalue weighted by Crippen LogP contribution is -2.43. The molecule has 1 amide bonds. The van der Waals surface area contributed by atoms with Crippen LogP contribution >= 0.6 is 0 Å². The van der Waals surface area contributed by atoms with Crippen molar-refractivity contribution in [3.05, 3.63) is 88.2 Å². The number of cyclic esters (lactones) is 1. The molecule has 3 aromatic carbocycles. The first kappa shape index (κ1) is 31.1. The van der Waals surface area contributed by atoms with E-state index in [1.54, 1.807) is 18.2 Å². The first-order valence-corrected chi connectivity index (χ1v) is 14.9. The molecule has 1 aromatic heterocycles. The molecule has 0 radical (unpaired) electrons. The van der Waals surface area contributed by atoms with E-state index in [2.05, 4.69) is 15.6 Å². The van der Waals surface area contributed by atoms with Crippen molar-refractivity contribution < 1.29 is 51.2 Å². The Morgan fingerprint density at radius 1 is 0.958 bits per heavy atom. The van der Waals surface area contributed by atoms with Gasteiger partial charge in [-0.2, -0.15) is 13.2 Å². The zero-order valence-corrected chi connectivity index (χ0v) is 25.9. The summed E-state index contributed by atoms with van der Waals surface area (Å²) in [4.78, 5) is 27.1. The minimum atomic E-state index is -4.45. The van der Waals surface area contributed by atoms with Gasteiger partial charge in [-0.3, -0.25) is 9.59 Å². The van der Waals surface area contributed by atoms with Crippen LogP contribution in [0.4, 0.5) is 13.2 Å². The maximum absolute atomic E-state index is 13.7. The van der Waals surface area contributed by atoms with Crippen LogP contribution in [0.2, 0.25) is 0 Å². The molecule has 3 aliphatic rings. The first-order valence-electron chi connectivity index (χ1n) is 14.9. The molecule has 4 atom stereocenters. The fourth-order valence-electron chi connectivity index (χ4n) is 6.71. The highest BCUT2D eigenvalue weighted by Gasteiger charge is 2.53. The van der Waals surface area contributed by atoms with Gasteiger partial charge in [-0.25, -0.2) is 4.68 Å². The van der Waals surface area contributed by atoms with Crippen molar-refractivity contribution >= 4 is 11.9 Å². The fourth-order valence-corrected chi connectivity index (χ4v) is 6.71. The number of hydrogen-bond donors (Lipinski definition) is 1. The van der Waals surface area contributed by atoms with Crippen molar-refractivity contribution in [1.29, 1.82) is 0 Å². The first-order chi connectivity index (χ1) is 23.1. The Kier molecular flexibility index (Phi) is 7.76. The average molecular weight is 667 g/mol. The lowest BCUT2D eigenvalue weighted by atomic mass is 9.65. The van der Waals surface area contributed by atoms with Crippen molar-refractivity contribution in [1.82, 2.24) is 20.3 Å². The lowest BCUT2D eigenvalue weighted by molar-refractivity contribution is -0.141. The van der Waals surface area contributed by atoms with Gasteiger partial charge in [-0.1, -0.05) is 17.3 Å². The highest BCUT2D eigenvalue weighted by Crippen LogP contribution is 2.55. The Bertz CT molecular complexity index is 1870. The van der Waals surface area contributed by atoms with Crippen LogP contribution in [0.1, 0.15) is 50.3 Å². The molecule has 4 aromatic rings. The van der Waals surface area contributed by atoms with E-state index < -0.39 is 47.4 Å². The van der Waals surface area contributed by atoms with E-state index in [9.17, 15) is 22.8 Å². The molecule has 0 spiro atoms. The number of fused-ring (bicyclic) bond motifs is 3. The number of aromatic nitrogens is 3. The maximum Gasteiger partial charge on any atom is 0.416 e. The van der Waals surface area contributed by atoms with Crippen LogP contribution in [0.3, 0.4) is 0 Å². The molecular formula is C33H29F3N4O8. The molecule has 12 nitrogen and oxygen atoms in total. The second kappa shape index (κ2) is 12.0. The number of alkyl halides is 3. The largest absolute Gasteiger partial charge is 0.493 e. The second-order valence-electron chi connectivity index (χ2n) is 11.5. The van der Waals surface area contributed by atoms with E-state index in [-0.39, 0.29) is 25.6 Å². The van der Waals surface area contributed by atoms with Gasteiger partial charge in [0.15, 0.2) is 28.7 Å². The van der Waals surface area contributed by atoms with Crippen molar-refractivity contribution in [3.8, 4) is 28.7 Å². The number of esters is 1. The van der Waals surface area contributed by atoms with Gasteiger partial charge in [0.05, 0.1) is 58.2 Å².